The van der Waals surface area contributed by atoms with Gasteiger partial charge in [-0.15, -0.1) is 0 Å². The topological polar surface area (TPSA) is 28.7 Å². The Kier molecular flexibility index (Phi) is 3.75. The van der Waals surface area contributed by atoms with Crippen LogP contribution in [0.5, 0.6) is 0 Å². The van der Waals surface area contributed by atoms with Crippen LogP contribution in [0.3, 0.4) is 0 Å². The Morgan fingerprint density at radius 1 is 1.67 bits per heavy atom. The lowest BCUT2D eigenvalue weighted by Crippen LogP contribution is -1.99. The zero-order valence-corrected chi connectivity index (χ0v) is 7.97. The van der Waals surface area contributed by atoms with Gasteiger partial charge in [-0.25, -0.2) is 0 Å². The van der Waals surface area contributed by atoms with Crippen molar-refractivity contribution < 1.29 is 0 Å². The zero-order valence-electron chi connectivity index (χ0n) is 7.16. The summed E-state index contributed by atoms with van der Waals surface area (Å²) >= 11 is 1.84. The molecule has 0 aliphatic heterocycles. The number of rotatable bonds is 4. The van der Waals surface area contributed by atoms with Crippen LogP contribution in [0.15, 0.2) is 18.3 Å². The predicted octanol–water partition coefficient (Wildman–Crippen LogP) is 2.11. The number of nitriles is 1. The molecule has 64 valence electrons. The van der Waals surface area contributed by atoms with Crippen LogP contribution in [0.2, 0.25) is 0 Å². The Bertz CT molecular complexity index is 272. The Balaban J connectivity index is 2.46. The average Bonchev–Trinajstić information content (AvgIpc) is 2.52. The lowest BCUT2D eigenvalue weighted by molar-refractivity contribution is 0.681. The highest BCUT2D eigenvalue weighted by Crippen LogP contribution is 2.03. The van der Waals surface area contributed by atoms with Gasteiger partial charge < -0.3 is 4.57 Å². The molecule has 1 aromatic heterocycles. The van der Waals surface area contributed by atoms with Gasteiger partial charge in [-0.05, 0) is 30.6 Å². The molecular weight excluding hydrogens is 168 g/mol. The van der Waals surface area contributed by atoms with Crippen LogP contribution >= 0.6 is 11.8 Å². The number of aryl methyl sites for hydroxylation is 1. The summed E-state index contributed by atoms with van der Waals surface area (Å²) in [6.45, 7) is 0.955. The molecule has 1 rings (SSSR count). The van der Waals surface area contributed by atoms with E-state index >= 15 is 0 Å². The monoisotopic (exact) mass is 180 g/mol. The van der Waals surface area contributed by atoms with E-state index in [0.29, 0.717) is 0 Å². The van der Waals surface area contributed by atoms with Crippen molar-refractivity contribution in [3.8, 4) is 6.07 Å². The standard InChI is InChI=1S/C9H12N2S/c1-12-7-3-6-11-5-2-4-9(11)8-10/h2,4-5H,3,6-7H2,1H3. The second-order valence-corrected chi connectivity index (χ2v) is 3.53. The van der Waals surface area contributed by atoms with Crippen LogP contribution in [0, 0.1) is 11.3 Å². The maximum atomic E-state index is 8.69. The summed E-state index contributed by atoms with van der Waals surface area (Å²) in [5.74, 6) is 1.16. The van der Waals surface area contributed by atoms with E-state index in [4.69, 9.17) is 5.26 Å². The first kappa shape index (κ1) is 9.21. The van der Waals surface area contributed by atoms with Crippen molar-refractivity contribution in [1.82, 2.24) is 4.57 Å². The second-order valence-electron chi connectivity index (χ2n) is 2.54. The van der Waals surface area contributed by atoms with Gasteiger partial charge in [-0.2, -0.15) is 17.0 Å². The predicted molar refractivity (Wildman–Crippen MR) is 52.1 cm³/mol. The van der Waals surface area contributed by atoms with Crippen LogP contribution < -0.4 is 0 Å². The van der Waals surface area contributed by atoms with Crippen molar-refractivity contribution in [3.63, 3.8) is 0 Å². The first-order chi connectivity index (χ1) is 5.88. The summed E-state index contributed by atoms with van der Waals surface area (Å²) in [5.41, 5.74) is 0.760. The lowest BCUT2D eigenvalue weighted by Gasteiger charge is -2.02. The molecule has 1 heterocycles. The number of aromatic nitrogens is 1. The van der Waals surface area contributed by atoms with Gasteiger partial charge in [-0.3, -0.25) is 0 Å². The number of hydrogen-bond acceptors (Lipinski definition) is 2. The van der Waals surface area contributed by atoms with E-state index in [1.807, 2.05) is 34.7 Å². The van der Waals surface area contributed by atoms with E-state index in [1.54, 1.807) is 0 Å². The van der Waals surface area contributed by atoms with Crippen molar-refractivity contribution in [2.24, 2.45) is 0 Å². The SMILES string of the molecule is CSCCCn1cccc1C#N. The molecule has 0 N–H and O–H groups in total. The normalized spacial score (nSPS) is 9.67. The highest BCUT2D eigenvalue weighted by Gasteiger charge is 1.97. The van der Waals surface area contributed by atoms with Crippen molar-refractivity contribution in [2.45, 2.75) is 13.0 Å². The highest BCUT2D eigenvalue weighted by molar-refractivity contribution is 7.98. The van der Waals surface area contributed by atoms with Crippen molar-refractivity contribution in [2.75, 3.05) is 12.0 Å². The zero-order chi connectivity index (χ0) is 8.81. The van der Waals surface area contributed by atoms with E-state index in [-0.39, 0.29) is 0 Å². The smallest absolute Gasteiger partial charge is 0.120 e. The van der Waals surface area contributed by atoms with E-state index in [2.05, 4.69) is 12.3 Å². The summed E-state index contributed by atoms with van der Waals surface area (Å²) < 4.78 is 2.00. The number of hydrogen-bond donors (Lipinski definition) is 0. The molecule has 0 radical (unpaired) electrons. The van der Waals surface area contributed by atoms with E-state index < -0.39 is 0 Å². The molecular formula is C9H12N2S. The minimum absolute atomic E-state index is 0.760. The molecule has 0 atom stereocenters. The highest BCUT2D eigenvalue weighted by atomic mass is 32.2. The van der Waals surface area contributed by atoms with Crippen LogP contribution in [0.4, 0.5) is 0 Å². The van der Waals surface area contributed by atoms with Crippen LogP contribution in [0.1, 0.15) is 12.1 Å². The Morgan fingerprint density at radius 2 is 2.50 bits per heavy atom. The molecule has 0 aliphatic carbocycles. The summed E-state index contributed by atoms with van der Waals surface area (Å²) in [6, 6.07) is 5.92. The van der Waals surface area contributed by atoms with Crippen LogP contribution in [-0.4, -0.2) is 16.6 Å². The summed E-state index contributed by atoms with van der Waals surface area (Å²) in [6.07, 6.45) is 5.18. The molecule has 12 heavy (non-hydrogen) atoms. The molecule has 0 aromatic carbocycles. The Morgan fingerprint density at radius 3 is 3.17 bits per heavy atom. The third-order valence-electron chi connectivity index (χ3n) is 1.69. The lowest BCUT2D eigenvalue weighted by atomic mass is 10.4. The van der Waals surface area contributed by atoms with Gasteiger partial charge in [-0.1, -0.05) is 0 Å². The molecule has 2 nitrogen and oxygen atoms in total. The molecule has 0 fully saturated rings. The molecule has 0 aliphatic rings. The minimum Gasteiger partial charge on any atom is -0.339 e. The van der Waals surface area contributed by atoms with Gasteiger partial charge in [0.2, 0.25) is 0 Å². The first-order valence-electron chi connectivity index (χ1n) is 3.92. The molecule has 3 heteroatoms. The molecule has 0 bridgehead atoms. The van der Waals surface area contributed by atoms with Gasteiger partial charge in [0, 0.05) is 12.7 Å². The fraction of sp³-hybridized carbons (Fsp3) is 0.444. The second kappa shape index (κ2) is 4.89. The van der Waals surface area contributed by atoms with Crippen LogP contribution in [-0.2, 0) is 6.54 Å². The number of thioether (sulfide) groups is 1. The molecule has 1 aromatic rings. The molecule has 0 amide bonds. The molecule has 0 saturated carbocycles. The van der Waals surface area contributed by atoms with Crippen LogP contribution in [0.25, 0.3) is 0 Å². The fourth-order valence-corrected chi connectivity index (χ4v) is 1.51. The van der Waals surface area contributed by atoms with Gasteiger partial charge in [0.25, 0.3) is 0 Å². The molecule has 0 spiro atoms. The van der Waals surface area contributed by atoms with Gasteiger partial charge >= 0.3 is 0 Å². The van der Waals surface area contributed by atoms with Crippen molar-refractivity contribution in [3.05, 3.63) is 24.0 Å². The largest absolute Gasteiger partial charge is 0.339 e. The third-order valence-corrected chi connectivity index (χ3v) is 2.39. The average molecular weight is 180 g/mol. The van der Waals surface area contributed by atoms with E-state index in [1.165, 1.54) is 0 Å². The van der Waals surface area contributed by atoms with E-state index in [9.17, 15) is 0 Å². The molecule has 0 saturated heterocycles. The van der Waals surface area contributed by atoms with Crippen molar-refractivity contribution in [1.29, 1.82) is 5.26 Å². The first-order valence-corrected chi connectivity index (χ1v) is 5.32. The maximum absolute atomic E-state index is 8.69. The Labute approximate surface area is 77.2 Å². The van der Waals surface area contributed by atoms with Crippen molar-refractivity contribution >= 4 is 11.8 Å². The van der Waals surface area contributed by atoms with Gasteiger partial charge in [0.1, 0.15) is 11.8 Å². The summed E-state index contributed by atoms with van der Waals surface area (Å²) in [4.78, 5) is 0. The minimum atomic E-state index is 0.760. The Hall–Kier alpha value is -0.880. The van der Waals surface area contributed by atoms with Gasteiger partial charge in [0.15, 0.2) is 0 Å². The number of nitrogens with zero attached hydrogens (tertiary/aromatic N) is 2. The quantitative estimate of drug-likeness (QED) is 0.664. The maximum Gasteiger partial charge on any atom is 0.120 e. The fourth-order valence-electron chi connectivity index (χ4n) is 1.09. The summed E-state index contributed by atoms with van der Waals surface area (Å²) in [5, 5.41) is 8.69. The summed E-state index contributed by atoms with van der Waals surface area (Å²) in [7, 11) is 0. The van der Waals surface area contributed by atoms with E-state index in [0.717, 1.165) is 24.4 Å². The molecule has 0 unspecified atom stereocenters. The van der Waals surface area contributed by atoms with Gasteiger partial charge in [0.05, 0.1) is 0 Å². The third kappa shape index (κ3) is 2.31.